The monoisotopic (exact) mass is 297 g/mol. The first-order valence-corrected chi connectivity index (χ1v) is 7.46. The molecule has 5 nitrogen and oxygen atoms in total. The van der Waals surface area contributed by atoms with Crippen LogP contribution in [-0.2, 0) is 16.6 Å². The summed E-state index contributed by atoms with van der Waals surface area (Å²) in [5.41, 5.74) is 1.29. The highest BCUT2D eigenvalue weighted by Crippen LogP contribution is 2.15. The zero-order chi connectivity index (χ0) is 13.9. The SMILES string of the molecule is N#Cc1cc(S(=O)(=O)NCc2cncs2)ccc1F. The molecule has 0 spiro atoms. The number of benzene rings is 1. The molecule has 0 aliphatic rings. The van der Waals surface area contributed by atoms with Crippen LogP contribution in [0.15, 0.2) is 34.8 Å². The van der Waals surface area contributed by atoms with E-state index in [1.807, 2.05) is 0 Å². The predicted octanol–water partition coefficient (Wildman–Crippen LogP) is 1.63. The van der Waals surface area contributed by atoms with Gasteiger partial charge in [-0.2, -0.15) is 5.26 Å². The number of hydrogen-bond donors (Lipinski definition) is 1. The Morgan fingerprint density at radius 2 is 2.26 bits per heavy atom. The minimum atomic E-state index is -3.77. The van der Waals surface area contributed by atoms with Gasteiger partial charge in [0.25, 0.3) is 0 Å². The number of thiazole rings is 1. The summed E-state index contributed by atoms with van der Waals surface area (Å²) in [6.45, 7) is 0.103. The third-order valence-electron chi connectivity index (χ3n) is 2.29. The fourth-order valence-electron chi connectivity index (χ4n) is 1.34. The zero-order valence-corrected chi connectivity index (χ0v) is 11.1. The zero-order valence-electron chi connectivity index (χ0n) is 9.50. The molecule has 2 rings (SSSR count). The first-order chi connectivity index (χ1) is 9.03. The summed E-state index contributed by atoms with van der Waals surface area (Å²) in [4.78, 5) is 4.44. The van der Waals surface area contributed by atoms with Crippen molar-refractivity contribution in [3.05, 3.63) is 46.2 Å². The molecule has 0 radical (unpaired) electrons. The number of hydrogen-bond acceptors (Lipinski definition) is 5. The molecule has 0 aliphatic carbocycles. The van der Waals surface area contributed by atoms with Gasteiger partial charge in [-0.15, -0.1) is 11.3 Å². The number of sulfonamides is 1. The first kappa shape index (κ1) is 13.6. The summed E-state index contributed by atoms with van der Waals surface area (Å²) in [6.07, 6.45) is 1.55. The van der Waals surface area contributed by atoms with Gasteiger partial charge in [-0.1, -0.05) is 0 Å². The predicted molar refractivity (Wildman–Crippen MR) is 67.3 cm³/mol. The number of nitrogens with zero attached hydrogens (tertiary/aromatic N) is 2. The molecule has 0 fully saturated rings. The van der Waals surface area contributed by atoms with Crippen molar-refractivity contribution in [3.8, 4) is 6.07 Å². The van der Waals surface area contributed by atoms with Crippen molar-refractivity contribution in [1.82, 2.24) is 9.71 Å². The van der Waals surface area contributed by atoms with Gasteiger partial charge in [-0.05, 0) is 18.2 Å². The lowest BCUT2D eigenvalue weighted by Crippen LogP contribution is -2.23. The van der Waals surface area contributed by atoms with Crippen LogP contribution >= 0.6 is 11.3 Å². The Bertz CT molecular complexity index is 721. The lowest BCUT2D eigenvalue weighted by molar-refractivity contribution is 0.580. The van der Waals surface area contributed by atoms with Gasteiger partial charge in [0, 0.05) is 17.6 Å². The molecule has 98 valence electrons. The summed E-state index contributed by atoms with van der Waals surface area (Å²) >= 11 is 1.32. The third kappa shape index (κ3) is 3.14. The molecule has 1 aromatic carbocycles. The van der Waals surface area contributed by atoms with E-state index in [2.05, 4.69) is 9.71 Å². The van der Waals surface area contributed by atoms with Crippen LogP contribution in [0.1, 0.15) is 10.4 Å². The fourth-order valence-corrected chi connectivity index (χ4v) is 2.99. The highest BCUT2D eigenvalue weighted by atomic mass is 32.2. The molecule has 0 aliphatic heterocycles. The molecular formula is C11H8FN3O2S2. The average molecular weight is 297 g/mol. The van der Waals surface area contributed by atoms with Crippen molar-refractivity contribution in [2.75, 3.05) is 0 Å². The van der Waals surface area contributed by atoms with Crippen molar-refractivity contribution in [2.24, 2.45) is 0 Å². The van der Waals surface area contributed by atoms with Crippen molar-refractivity contribution in [2.45, 2.75) is 11.4 Å². The summed E-state index contributed by atoms with van der Waals surface area (Å²) in [6, 6.07) is 4.68. The van der Waals surface area contributed by atoms with Crippen molar-refractivity contribution < 1.29 is 12.8 Å². The summed E-state index contributed by atoms with van der Waals surface area (Å²) in [7, 11) is -3.77. The van der Waals surface area contributed by atoms with Crippen LogP contribution in [0.25, 0.3) is 0 Å². The normalized spacial score (nSPS) is 11.2. The maximum absolute atomic E-state index is 13.1. The van der Waals surface area contributed by atoms with E-state index >= 15 is 0 Å². The topological polar surface area (TPSA) is 82.8 Å². The molecule has 19 heavy (non-hydrogen) atoms. The van der Waals surface area contributed by atoms with Gasteiger partial charge in [0.15, 0.2) is 0 Å². The maximum atomic E-state index is 13.1. The molecule has 8 heteroatoms. The average Bonchev–Trinajstić information content (AvgIpc) is 2.90. The van der Waals surface area contributed by atoms with Gasteiger partial charge in [-0.25, -0.2) is 17.5 Å². The molecule has 0 unspecified atom stereocenters. The Balaban J connectivity index is 2.22. The highest BCUT2D eigenvalue weighted by Gasteiger charge is 2.16. The van der Waals surface area contributed by atoms with Gasteiger partial charge in [0.2, 0.25) is 10.0 Å². The Morgan fingerprint density at radius 3 is 2.89 bits per heavy atom. The summed E-state index contributed by atoms with van der Waals surface area (Å²) < 4.78 is 39.4. The first-order valence-electron chi connectivity index (χ1n) is 5.09. The van der Waals surface area contributed by atoms with Crippen LogP contribution in [0, 0.1) is 17.1 Å². The van der Waals surface area contributed by atoms with Crippen LogP contribution in [0.3, 0.4) is 0 Å². The molecule has 0 saturated carbocycles. The molecule has 0 atom stereocenters. The molecule has 0 saturated heterocycles. The lowest BCUT2D eigenvalue weighted by Gasteiger charge is -2.06. The molecule has 0 bridgehead atoms. The van der Waals surface area contributed by atoms with Gasteiger partial charge in [0.05, 0.1) is 16.0 Å². The Labute approximate surface area is 113 Å². The second-order valence-corrected chi connectivity index (χ2v) is 6.28. The Kier molecular flexibility index (Phi) is 3.90. The van der Waals surface area contributed by atoms with E-state index in [-0.39, 0.29) is 17.0 Å². The van der Waals surface area contributed by atoms with Gasteiger partial charge < -0.3 is 0 Å². The van der Waals surface area contributed by atoms with E-state index in [9.17, 15) is 12.8 Å². The van der Waals surface area contributed by atoms with E-state index < -0.39 is 15.8 Å². The standard InChI is InChI=1S/C11H8FN3O2S2/c12-11-2-1-10(3-8(11)4-13)19(16,17)15-6-9-5-14-7-18-9/h1-3,5,7,15H,6H2. The smallest absolute Gasteiger partial charge is 0.240 e. The molecule has 0 amide bonds. The van der Waals surface area contributed by atoms with E-state index in [0.29, 0.717) is 0 Å². The van der Waals surface area contributed by atoms with Gasteiger partial charge in [0.1, 0.15) is 11.9 Å². The number of nitrogens with one attached hydrogen (secondary N) is 1. The largest absolute Gasteiger partial charge is 0.253 e. The van der Waals surface area contributed by atoms with Crippen molar-refractivity contribution in [3.63, 3.8) is 0 Å². The fraction of sp³-hybridized carbons (Fsp3) is 0.0909. The quantitative estimate of drug-likeness (QED) is 0.929. The number of nitriles is 1. The van der Waals surface area contributed by atoms with Crippen molar-refractivity contribution in [1.29, 1.82) is 5.26 Å². The molecule has 2 aromatic rings. The number of halogens is 1. The van der Waals surface area contributed by atoms with Crippen molar-refractivity contribution >= 4 is 21.4 Å². The van der Waals surface area contributed by atoms with Crippen LogP contribution in [0.2, 0.25) is 0 Å². The van der Waals surface area contributed by atoms with Crippen LogP contribution < -0.4 is 4.72 Å². The van der Waals surface area contributed by atoms with Gasteiger partial charge >= 0.3 is 0 Å². The second-order valence-electron chi connectivity index (χ2n) is 3.55. The second kappa shape index (κ2) is 5.44. The summed E-state index contributed by atoms with van der Waals surface area (Å²) in [5, 5.41) is 8.68. The number of aromatic nitrogens is 1. The molecule has 1 aromatic heterocycles. The van der Waals surface area contributed by atoms with E-state index in [1.165, 1.54) is 11.3 Å². The van der Waals surface area contributed by atoms with Gasteiger partial charge in [-0.3, -0.25) is 4.98 Å². The third-order valence-corrected chi connectivity index (χ3v) is 4.47. The van der Waals surface area contributed by atoms with Crippen LogP contribution in [-0.4, -0.2) is 13.4 Å². The van der Waals surface area contributed by atoms with Crippen LogP contribution in [0.5, 0.6) is 0 Å². The molecule has 1 N–H and O–H groups in total. The minimum Gasteiger partial charge on any atom is -0.253 e. The lowest BCUT2D eigenvalue weighted by atomic mass is 10.2. The maximum Gasteiger partial charge on any atom is 0.240 e. The van der Waals surface area contributed by atoms with E-state index in [1.54, 1.807) is 17.8 Å². The highest BCUT2D eigenvalue weighted by molar-refractivity contribution is 7.89. The van der Waals surface area contributed by atoms with E-state index in [0.717, 1.165) is 23.1 Å². The Morgan fingerprint density at radius 1 is 1.47 bits per heavy atom. The van der Waals surface area contributed by atoms with E-state index in [4.69, 9.17) is 5.26 Å². The Hall–Kier alpha value is -1.82. The van der Waals surface area contributed by atoms with Crippen LogP contribution in [0.4, 0.5) is 4.39 Å². The summed E-state index contributed by atoms with van der Waals surface area (Å²) in [5.74, 6) is -0.746. The number of rotatable bonds is 4. The minimum absolute atomic E-state index is 0.103. The molecular weight excluding hydrogens is 289 g/mol. The molecule has 1 heterocycles.